The van der Waals surface area contributed by atoms with E-state index in [1.807, 2.05) is 6.92 Å². The van der Waals surface area contributed by atoms with Crippen molar-refractivity contribution in [3.8, 4) is 0 Å². The average Bonchev–Trinajstić information content (AvgIpc) is 1.89. The van der Waals surface area contributed by atoms with Gasteiger partial charge < -0.3 is 4.74 Å². The van der Waals surface area contributed by atoms with Crippen LogP contribution in [0.4, 0.5) is 0 Å². The number of ether oxygens (including phenoxy) is 1. The van der Waals surface area contributed by atoms with Gasteiger partial charge in [-0.15, -0.1) is 0 Å². The van der Waals surface area contributed by atoms with Gasteiger partial charge in [-0.3, -0.25) is 10.8 Å². The molecule has 0 aromatic rings. The Kier molecular flexibility index (Phi) is 5.66. The number of hydrogen-bond donors (Lipinski definition) is 2. The molecule has 0 amide bonds. The van der Waals surface area contributed by atoms with E-state index in [9.17, 15) is 0 Å². The van der Waals surface area contributed by atoms with Crippen LogP contribution in [0.15, 0.2) is 5.10 Å². The topological polar surface area (TPSA) is 57.5 Å². The van der Waals surface area contributed by atoms with Gasteiger partial charge in [0, 0.05) is 13.3 Å². The van der Waals surface area contributed by atoms with Crippen molar-refractivity contribution in [2.24, 2.45) is 5.10 Å². The molecule has 0 aliphatic carbocycles. The first kappa shape index (κ1) is 9.10. The van der Waals surface area contributed by atoms with E-state index in [2.05, 4.69) is 15.3 Å². The van der Waals surface area contributed by atoms with Crippen molar-refractivity contribution in [2.75, 3.05) is 13.7 Å². The fraction of sp³-hybridized carbons (Fsp3) is 0.667. The quantitative estimate of drug-likeness (QED) is 0.344. The van der Waals surface area contributed by atoms with Crippen LogP contribution in [-0.4, -0.2) is 25.8 Å². The maximum absolute atomic E-state index is 7.12. The summed E-state index contributed by atoms with van der Waals surface area (Å²) in [6.45, 7) is 2.26. The summed E-state index contributed by atoms with van der Waals surface area (Å²) >= 11 is 0. The molecule has 0 unspecified atom stereocenters. The number of methoxy groups -OCH3 is 1. The van der Waals surface area contributed by atoms with Gasteiger partial charge in [0.15, 0.2) is 0 Å². The van der Waals surface area contributed by atoms with Crippen molar-refractivity contribution in [2.45, 2.75) is 13.3 Å². The Hall–Kier alpha value is -0.900. The summed E-state index contributed by atoms with van der Waals surface area (Å²) in [5.74, 6) is 0.271. The zero-order chi connectivity index (χ0) is 7.82. The van der Waals surface area contributed by atoms with E-state index >= 15 is 0 Å². The largest absolute Gasteiger partial charge is 0.377 e. The van der Waals surface area contributed by atoms with E-state index in [-0.39, 0.29) is 12.4 Å². The normalized spacial score (nSPS) is 10.2. The van der Waals surface area contributed by atoms with Gasteiger partial charge in [0.2, 0.25) is 0 Å². The fourth-order valence-electron chi connectivity index (χ4n) is 0.391. The average molecular weight is 143 g/mol. The molecule has 0 saturated heterocycles. The summed E-state index contributed by atoms with van der Waals surface area (Å²) < 4.78 is 4.67. The van der Waals surface area contributed by atoms with Crippen LogP contribution in [-0.2, 0) is 4.74 Å². The Labute approximate surface area is 60.8 Å². The molecule has 0 fully saturated rings. The first-order chi connectivity index (χ1) is 4.81. The minimum Gasteiger partial charge on any atom is -0.377 e. The first-order valence-electron chi connectivity index (χ1n) is 3.15. The highest BCUT2D eigenvalue weighted by Gasteiger charge is 1.88. The van der Waals surface area contributed by atoms with E-state index in [4.69, 9.17) is 5.41 Å². The van der Waals surface area contributed by atoms with Crippen LogP contribution in [0.25, 0.3) is 0 Å². The zero-order valence-corrected chi connectivity index (χ0v) is 6.35. The molecule has 0 rings (SSSR count). The highest BCUT2D eigenvalue weighted by molar-refractivity contribution is 5.80. The molecule has 0 aromatic heterocycles. The van der Waals surface area contributed by atoms with Gasteiger partial charge in [0.1, 0.15) is 12.4 Å². The second kappa shape index (κ2) is 6.22. The van der Waals surface area contributed by atoms with Gasteiger partial charge in [0.25, 0.3) is 0 Å². The highest BCUT2D eigenvalue weighted by atomic mass is 16.5. The van der Waals surface area contributed by atoms with Gasteiger partial charge in [0.05, 0.1) is 0 Å². The lowest BCUT2D eigenvalue weighted by molar-refractivity contribution is 0.242. The van der Waals surface area contributed by atoms with E-state index in [0.717, 1.165) is 6.42 Å². The minimum absolute atomic E-state index is 0.271. The molecule has 0 radical (unpaired) electrons. The molecule has 0 atom stereocenters. The second-order valence-corrected chi connectivity index (χ2v) is 1.74. The minimum atomic E-state index is 0.271. The van der Waals surface area contributed by atoms with E-state index in [0.29, 0.717) is 0 Å². The van der Waals surface area contributed by atoms with Crippen LogP contribution in [0, 0.1) is 5.41 Å². The smallest absolute Gasteiger partial charge is 0.140 e. The van der Waals surface area contributed by atoms with Crippen molar-refractivity contribution in [1.29, 1.82) is 5.41 Å². The third kappa shape index (κ3) is 5.24. The Morgan fingerprint density at radius 1 is 1.80 bits per heavy atom. The Balaban J connectivity index is 3.30. The van der Waals surface area contributed by atoms with E-state index in [1.54, 1.807) is 13.3 Å². The van der Waals surface area contributed by atoms with Crippen molar-refractivity contribution < 1.29 is 4.74 Å². The number of rotatable bonds is 4. The predicted octanol–water partition coefficient (Wildman–Crippen LogP) is 0.595. The van der Waals surface area contributed by atoms with Gasteiger partial charge >= 0.3 is 0 Å². The summed E-state index contributed by atoms with van der Waals surface area (Å²) in [5, 5.41) is 10.8. The molecular formula is C6H13N3O. The third-order valence-electron chi connectivity index (χ3n) is 0.762. The lowest BCUT2D eigenvalue weighted by Gasteiger charge is -1.98. The summed E-state index contributed by atoms with van der Waals surface area (Å²) in [5.41, 5.74) is 2.51. The Morgan fingerprint density at radius 3 is 3.00 bits per heavy atom. The van der Waals surface area contributed by atoms with Crippen LogP contribution >= 0.6 is 0 Å². The number of nitrogens with zero attached hydrogens (tertiary/aromatic N) is 1. The Morgan fingerprint density at radius 2 is 2.50 bits per heavy atom. The molecule has 2 N–H and O–H groups in total. The van der Waals surface area contributed by atoms with Crippen molar-refractivity contribution in [3.05, 3.63) is 0 Å². The van der Waals surface area contributed by atoms with Gasteiger partial charge in [-0.25, -0.2) is 0 Å². The molecule has 58 valence electrons. The molecule has 0 aromatic carbocycles. The SMILES string of the molecule is CC/C=N/NC(=N)COC. The second-order valence-electron chi connectivity index (χ2n) is 1.74. The lowest BCUT2D eigenvalue weighted by atomic mass is 10.5. The van der Waals surface area contributed by atoms with Gasteiger partial charge in [-0.2, -0.15) is 5.10 Å². The zero-order valence-electron chi connectivity index (χ0n) is 6.35. The molecule has 0 bridgehead atoms. The van der Waals surface area contributed by atoms with E-state index < -0.39 is 0 Å². The van der Waals surface area contributed by atoms with Crippen molar-refractivity contribution in [3.63, 3.8) is 0 Å². The molecule has 0 saturated carbocycles. The highest BCUT2D eigenvalue weighted by Crippen LogP contribution is 1.70. The molecule has 0 heterocycles. The van der Waals surface area contributed by atoms with Crippen LogP contribution in [0.5, 0.6) is 0 Å². The first-order valence-corrected chi connectivity index (χ1v) is 3.15. The van der Waals surface area contributed by atoms with Crippen molar-refractivity contribution >= 4 is 12.1 Å². The predicted molar refractivity (Wildman–Crippen MR) is 41.5 cm³/mol. The maximum Gasteiger partial charge on any atom is 0.140 e. The maximum atomic E-state index is 7.12. The number of nitrogens with one attached hydrogen (secondary N) is 2. The molecule has 4 heteroatoms. The third-order valence-corrected chi connectivity index (χ3v) is 0.762. The number of amidine groups is 1. The summed E-state index contributed by atoms with van der Waals surface area (Å²) in [4.78, 5) is 0. The molecular weight excluding hydrogens is 130 g/mol. The molecule has 10 heavy (non-hydrogen) atoms. The van der Waals surface area contributed by atoms with Gasteiger partial charge in [-0.1, -0.05) is 6.92 Å². The molecule has 0 aliphatic heterocycles. The number of hydrogen-bond acceptors (Lipinski definition) is 3. The summed E-state index contributed by atoms with van der Waals surface area (Å²) in [7, 11) is 1.54. The van der Waals surface area contributed by atoms with Crippen LogP contribution < -0.4 is 5.43 Å². The number of hydrazone groups is 1. The van der Waals surface area contributed by atoms with Crippen LogP contribution in [0.2, 0.25) is 0 Å². The monoisotopic (exact) mass is 143 g/mol. The van der Waals surface area contributed by atoms with E-state index in [1.165, 1.54) is 0 Å². The Bertz CT molecular complexity index is 122. The summed E-state index contributed by atoms with van der Waals surface area (Å²) in [6, 6.07) is 0. The lowest BCUT2D eigenvalue weighted by Crippen LogP contribution is -2.21. The molecule has 0 aliphatic rings. The standard InChI is InChI=1S/C6H13N3O/c1-3-4-8-9-6(7)5-10-2/h4H,3,5H2,1-2H3,(H2,7,9)/b8-4+. The van der Waals surface area contributed by atoms with Crippen LogP contribution in [0.1, 0.15) is 13.3 Å². The summed E-state index contributed by atoms with van der Waals surface area (Å²) in [6.07, 6.45) is 2.57. The van der Waals surface area contributed by atoms with Gasteiger partial charge in [-0.05, 0) is 6.42 Å². The van der Waals surface area contributed by atoms with Crippen LogP contribution in [0.3, 0.4) is 0 Å². The molecule has 0 spiro atoms. The fourth-order valence-corrected chi connectivity index (χ4v) is 0.391. The molecule has 4 nitrogen and oxygen atoms in total. The van der Waals surface area contributed by atoms with Crippen molar-refractivity contribution in [1.82, 2.24) is 5.43 Å².